The molecule has 0 aliphatic rings. The van der Waals surface area contributed by atoms with Gasteiger partial charge in [-0.1, -0.05) is 6.07 Å². The van der Waals surface area contributed by atoms with Crippen LogP contribution in [0.1, 0.15) is 17.3 Å². The Labute approximate surface area is 160 Å². The van der Waals surface area contributed by atoms with E-state index in [2.05, 4.69) is 0 Å². The highest BCUT2D eigenvalue weighted by molar-refractivity contribution is 7.99. The molecule has 0 saturated carbocycles. The lowest BCUT2D eigenvalue weighted by Gasteiger charge is -2.12. The molecule has 0 heterocycles. The molecule has 27 heavy (non-hydrogen) atoms. The summed E-state index contributed by atoms with van der Waals surface area (Å²) < 4.78 is 26.9. The SMILES string of the molecule is CC(=O)O.CN(C)CCSc1ccc(-c2ccc(F)cc2F)cc1C(=O)O. The zero-order valence-electron chi connectivity index (χ0n) is 15.2. The molecule has 0 fully saturated rings. The third kappa shape index (κ3) is 7.76. The lowest BCUT2D eigenvalue weighted by Crippen LogP contribution is -2.15. The lowest BCUT2D eigenvalue weighted by atomic mass is 10.0. The molecule has 0 radical (unpaired) electrons. The lowest BCUT2D eigenvalue weighted by molar-refractivity contribution is -0.134. The predicted octanol–water partition coefficient (Wildman–Crippen LogP) is 4.07. The Kier molecular flexibility index (Phi) is 8.90. The smallest absolute Gasteiger partial charge is 0.336 e. The molecule has 2 N–H and O–H groups in total. The number of carboxylic acids is 2. The molecule has 8 heteroatoms. The first-order valence-electron chi connectivity index (χ1n) is 7.91. The molecule has 0 amide bonds. The van der Waals surface area contributed by atoms with Crippen molar-refractivity contribution in [3.63, 3.8) is 0 Å². The first kappa shape index (κ1) is 22.6. The number of halogens is 2. The molecule has 0 aromatic heterocycles. The second kappa shape index (κ2) is 10.6. The maximum Gasteiger partial charge on any atom is 0.336 e. The van der Waals surface area contributed by atoms with Crippen LogP contribution in [-0.2, 0) is 4.79 Å². The third-order valence-electron chi connectivity index (χ3n) is 3.25. The van der Waals surface area contributed by atoms with Gasteiger partial charge in [-0.25, -0.2) is 13.6 Å². The molecular formula is C19H21F2NO4S. The largest absolute Gasteiger partial charge is 0.481 e. The highest BCUT2D eigenvalue weighted by atomic mass is 32.2. The molecular weight excluding hydrogens is 376 g/mol. The Morgan fingerprint density at radius 2 is 1.70 bits per heavy atom. The standard InChI is InChI=1S/C17H17F2NO2S.C2H4O2/c1-20(2)7-8-23-16-6-3-11(9-14(16)17(21)22)13-5-4-12(18)10-15(13)19;1-2(3)4/h3-6,9-10H,7-8H2,1-2H3,(H,21,22);1H3,(H,3,4). The van der Waals surface area contributed by atoms with Crippen molar-refractivity contribution in [3.05, 3.63) is 53.6 Å². The molecule has 0 aliphatic heterocycles. The minimum Gasteiger partial charge on any atom is -0.481 e. The van der Waals surface area contributed by atoms with Crippen LogP contribution in [-0.4, -0.2) is 53.4 Å². The molecule has 2 aromatic rings. The second-order valence-corrected chi connectivity index (χ2v) is 6.95. The van der Waals surface area contributed by atoms with Gasteiger partial charge in [-0.3, -0.25) is 4.79 Å². The molecule has 0 aliphatic carbocycles. The summed E-state index contributed by atoms with van der Waals surface area (Å²) in [5, 5.41) is 16.8. The average molecular weight is 397 g/mol. The van der Waals surface area contributed by atoms with Gasteiger partial charge in [0.25, 0.3) is 5.97 Å². The van der Waals surface area contributed by atoms with Crippen LogP contribution in [0.5, 0.6) is 0 Å². The quantitative estimate of drug-likeness (QED) is 0.716. The first-order valence-corrected chi connectivity index (χ1v) is 8.90. The van der Waals surface area contributed by atoms with Crippen LogP contribution >= 0.6 is 11.8 Å². The van der Waals surface area contributed by atoms with Gasteiger partial charge in [0.05, 0.1) is 5.56 Å². The molecule has 2 aromatic carbocycles. The average Bonchev–Trinajstić information content (AvgIpc) is 2.54. The second-order valence-electron chi connectivity index (χ2n) is 5.81. The molecule has 2 rings (SSSR count). The molecule has 0 unspecified atom stereocenters. The van der Waals surface area contributed by atoms with Gasteiger partial charge in [0.1, 0.15) is 11.6 Å². The summed E-state index contributed by atoms with van der Waals surface area (Å²) in [5.74, 6) is -2.53. The molecule has 0 saturated heterocycles. The van der Waals surface area contributed by atoms with Crippen LogP contribution in [0.4, 0.5) is 8.78 Å². The summed E-state index contributed by atoms with van der Waals surface area (Å²) in [6, 6.07) is 8.00. The van der Waals surface area contributed by atoms with Crippen molar-refractivity contribution in [1.29, 1.82) is 0 Å². The fraction of sp³-hybridized carbons (Fsp3) is 0.263. The summed E-state index contributed by atoms with van der Waals surface area (Å²) >= 11 is 1.44. The molecule has 0 bridgehead atoms. The van der Waals surface area contributed by atoms with E-state index >= 15 is 0 Å². The Bertz CT molecular complexity index is 808. The number of rotatable bonds is 6. The zero-order chi connectivity index (χ0) is 20.6. The Balaban J connectivity index is 0.000000828. The Morgan fingerprint density at radius 3 is 2.22 bits per heavy atom. The molecule has 146 valence electrons. The fourth-order valence-electron chi connectivity index (χ4n) is 2.05. The van der Waals surface area contributed by atoms with Gasteiger partial charge in [-0.2, -0.15) is 0 Å². The van der Waals surface area contributed by atoms with Crippen LogP contribution in [0.25, 0.3) is 11.1 Å². The van der Waals surface area contributed by atoms with Crippen molar-refractivity contribution in [1.82, 2.24) is 4.90 Å². The van der Waals surface area contributed by atoms with Gasteiger partial charge >= 0.3 is 5.97 Å². The summed E-state index contributed by atoms with van der Waals surface area (Å²) in [6.07, 6.45) is 0. The van der Waals surface area contributed by atoms with E-state index in [9.17, 15) is 18.7 Å². The summed E-state index contributed by atoms with van der Waals surface area (Å²) in [4.78, 5) is 23.1. The minimum absolute atomic E-state index is 0.120. The van der Waals surface area contributed by atoms with E-state index in [0.29, 0.717) is 10.5 Å². The topological polar surface area (TPSA) is 77.8 Å². The maximum atomic E-state index is 13.9. The van der Waals surface area contributed by atoms with E-state index in [4.69, 9.17) is 9.90 Å². The first-order chi connectivity index (χ1) is 12.6. The monoisotopic (exact) mass is 397 g/mol. The van der Waals surface area contributed by atoms with Crippen LogP contribution in [0, 0.1) is 11.6 Å². The minimum atomic E-state index is -1.07. The molecule has 0 spiro atoms. The highest BCUT2D eigenvalue weighted by Crippen LogP contribution is 2.30. The van der Waals surface area contributed by atoms with Gasteiger partial charge < -0.3 is 15.1 Å². The van der Waals surface area contributed by atoms with E-state index in [0.717, 1.165) is 31.4 Å². The van der Waals surface area contributed by atoms with Crippen LogP contribution in [0.3, 0.4) is 0 Å². The fourth-order valence-corrected chi connectivity index (χ4v) is 3.19. The summed E-state index contributed by atoms with van der Waals surface area (Å²) in [5.41, 5.74) is 0.714. The summed E-state index contributed by atoms with van der Waals surface area (Å²) in [6.45, 7) is 1.90. The normalized spacial score (nSPS) is 10.3. The van der Waals surface area contributed by atoms with Gasteiger partial charge in [0, 0.05) is 35.7 Å². The maximum absolute atomic E-state index is 13.9. The van der Waals surface area contributed by atoms with Crippen molar-refractivity contribution >= 4 is 23.7 Å². The summed E-state index contributed by atoms with van der Waals surface area (Å²) in [7, 11) is 3.89. The van der Waals surface area contributed by atoms with E-state index < -0.39 is 23.6 Å². The molecule has 5 nitrogen and oxygen atoms in total. The van der Waals surface area contributed by atoms with Crippen molar-refractivity contribution in [2.45, 2.75) is 11.8 Å². The molecule has 0 atom stereocenters. The van der Waals surface area contributed by atoms with Crippen molar-refractivity contribution in [2.24, 2.45) is 0 Å². The predicted molar refractivity (Wildman–Crippen MR) is 101 cm³/mol. The highest BCUT2D eigenvalue weighted by Gasteiger charge is 2.14. The van der Waals surface area contributed by atoms with Crippen LogP contribution < -0.4 is 0 Å². The number of hydrogen-bond acceptors (Lipinski definition) is 4. The van der Waals surface area contributed by atoms with Gasteiger partial charge in [-0.15, -0.1) is 11.8 Å². The van der Waals surface area contributed by atoms with Crippen molar-refractivity contribution in [3.8, 4) is 11.1 Å². The Hall–Kier alpha value is -2.45. The number of thioether (sulfide) groups is 1. The van der Waals surface area contributed by atoms with E-state index in [1.165, 1.54) is 23.9 Å². The number of benzene rings is 2. The third-order valence-corrected chi connectivity index (χ3v) is 4.30. The van der Waals surface area contributed by atoms with E-state index in [1.807, 2.05) is 19.0 Å². The van der Waals surface area contributed by atoms with Crippen LogP contribution in [0.2, 0.25) is 0 Å². The number of carbonyl (C=O) groups is 2. The van der Waals surface area contributed by atoms with E-state index in [1.54, 1.807) is 12.1 Å². The zero-order valence-corrected chi connectivity index (χ0v) is 16.0. The van der Waals surface area contributed by atoms with Crippen molar-refractivity contribution in [2.75, 3.05) is 26.4 Å². The van der Waals surface area contributed by atoms with Crippen LogP contribution in [0.15, 0.2) is 41.3 Å². The number of carboxylic acid groups (broad SMARTS) is 2. The van der Waals surface area contributed by atoms with Gasteiger partial charge in [0.2, 0.25) is 0 Å². The number of hydrogen-bond donors (Lipinski definition) is 2. The Morgan fingerprint density at radius 1 is 1.07 bits per heavy atom. The van der Waals surface area contributed by atoms with Gasteiger partial charge in [0.15, 0.2) is 0 Å². The van der Waals surface area contributed by atoms with Gasteiger partial charge in [-0.05, 0) is 43.9 Å². The number of aliphatic carboxylic acids is 1. The van der Waals surface area contributed by atoms with Crippen molar-refractivity contribution < 1.29 is 28.6 Å². The number of aromatic carboxylic acids is 1. The van der Waals surface area contributed by atoms with E-state index in [-0.39, 0.29) is 11.1 Å². The number of nitrogens with zero attached hydrogens (tertiary/aromatic N) is 1.